The fraction of sp³-hybridized carbons (Fsp3) is 0.412. The lowest BCUT2D eigenvalue weighted by atomic mass is 10.1. The van der Waals surface area contributed by atoms with Gasteiger partial charge in [-0.15, -0.1) is 5.10 Å². The number of nitrogens with zero attached hydrogens (tertiary/aromatic N) is 2. The second kappa shape index (κ2) is 9.23. The van der Waals surface area contributed by atoms with Gasteiger partial charge >= 0.3 is 11.7 Å². The minimum Gasteiger partial charge on any atom is -0.465 e. The Bertz CT molecular complexity index is 844. The zero-order chi connectivity index (χ0) is 19.1. The maximum absolute atomic E-state index is 12.2. The van der Waals surface area contributed by atoms with Crippen LogP contribution in [0, 0.1) is 6.92 Å². The molecule has 1 amide bonds. The molecule has 140 valence electrons. The molecule has 0 saturated heterocycles. The molecular formula is C17H22N4O4S. The molecule has 26 heavy (non-hydrogen) atoms. The van der Waals surface area contributed by atoms with Crippen LogP contribution < -0.4 is 11.0 Å². The molecule has 2 rings (SSSR count). The summed E-state index contributed by atoms with van der Waals surface area (Å²) >= 11 is 1.18. The number of amides is 1. The molecular weight excluding hydrogens is 356 g/mol. The number of aryl methyl sites for hydroxylation is 1. The third-order valence-electron chi connectivity index (χ3n) is 3.72. The van der Waals surface area contributed by atoms with Gasteiger partial charge < -0.3 is 10.1 Å². The highest BCUT2D eigenvalue weighted by Gasteiger charge is 2.13. The summed E-state index contributed by atoms with van der Waals surface area (Å²) < 4.78 is 6.22. The van der Waals surface area contributed by atoms with Crippen molar-refractivity contribution in [3.8, 4) is 0 Å². The molecule has 0 aliphatic carbocycles. The first-order chi connectivity index (χ1) is 12.5. The molecule has 0 radical (unpaired) electrons. The van der Waals surface area contributed by atoms with Crippen LogP contribution in [0.2, 0.25) is 0 Å². The Balaban J connectivity index is 2.02. The Hall–Kier alpha value is -2.55. The lowest BCUT2D eigenvalue weighted by Crippen LogP contribution is -2.19. The highest BCUT2D eigenvalue weighted by atomic mass is 32.2. The number of benzene rings is 1. The largest absolute Gasteiger partial charge is 0.465 e. The number of hydrogen-bond acceptors (Lipinski definition) is 6. The molecule has 0 aliphatic rings. The minimum absolute atomic E-state index is 0.0955. The molecule has 0 unspecified atom stereocenters. The Morgan fingerprint density at radius 3 is 2.85 bits per heavy atom. The van der Waals surface area contributed by atoms with Crippen molar-refractivity contribution < 1.29 is 14.3 Å². The van der Waals surface area contributed by atoms with E-state index in [9.17, 15) is 14.4 Å². The number of carbonyl (C=O) groups excluding carboxylic acids is 2. The molecule has 9 heteroatoms. The van der Waals surface area contributed by atoms with Crippen LogP contribution >= 0.6 is 11.8 Å². The van der Waals surface area contributed by atoms with Crippen molar-refractivity contribution in [1.29, 1.82) is 0 Å². The van der Waals surface area contributed by atoms with Gasteiger partial charge in [-0.1, -0.05) is 31.2 Å². The summed E-state index contributed by atoms with van der Waals surface area (Å²) in [7, 11) is 1.30. The van der Waals surface area contributed by atoms with Gasteiger partial charge in [-0.25, -0.2) is 14.7 Å². The molecule has 2 N–H and O–H groups in total. The normalized spacial score (nSPS) is 10.6. The van der Waals surface area contributed by atoms with Crippen LogP contribution in [-0.4, -0.2) is 39.5 Å². The molecule has 0 bridgehead atoms. The molecule has 8 nitrogen and oxygen atoms in total. The van der Waals surface area contributed by atoms with Crippen molar-refractivity contribution in [2.75, 3.05) is 18.2 Å². The number of rotatable bonds is 8. The second-order valence-corrected chi connectivity index (χ2v) is 6.62. The Kier molecular flexibility index (Phi) is 7.02. The van der Waals surface area contributed by atoms with E-state index in [2.05, 4.69) is 20.3 Å². The van der Waals surface area contributed by atoms with Crippen LogP contribution in [0.25, 0.3) is 0 Å². The lowest BCUT2D eigenvalue weighted by Gasteiger charge is -2.10. The predicted octanol–water partition coefficient (Wildman–Crippen LogP) is 2.20. The van der Waals surface area contributed by atoms with Crippen LogP contribution in [0.3, 0.4) is 0 Å². The fourth-order valence-electron chi connectivity index (χ4n) is 2.24. The highest BCUT2D eigenvalue weighted by Crippen LogP contribution is 2.19. The van der Waals surface area contributed by atoms with Crippen molar-refractivity contribution in [3.63, 3.8) is 0 Å². The summed E-state index contributed by atoms with van der Waals surface area (Å²) in [5.74, 6) is -0.623. The van der Waals surface area contributed by atoms with Crippen molar-refractivity contribution in [2.45, 2.75) is 38.4 Å². The van der Waals surface area contributed by atoms with Gasteiger partial charge in [0.25, 0.3) is 0 Å². The molecule has 0 atom stereocenters. The van der Waals surface area contributed by atoms with Crippen LogP contribution in [0.1, 0.15) is 35.7 Å². The fourth-order valence-corrected chi connectivity index (χ4v) is 3.02. The summed E-state index contributed by atoms with van der Waals surface area (Å²) in [4.78, 5) is 35.6. The van der Waals surface area contributed by atoms with Crippen LogP contribution in [0.5, 0.6) is 0 Å². The number of aromatic nitrogens is 3. The van der Waals surface area contributed by atoms with Gasteiger partial charge in [-0.2, -0.15) is 0 Å². The molecule has 1 heterocycles. The van der Waals surface area contributed by atoms with Gasteiger partial charge in [0, 0.05) is 12.2 Å². The van der Waals surface area contributed by atoms with Crippen LogP contribution in [0.15, 0.2) is 28.2 Å². The first-order valence-corrected chi connectivity index (χ1v) is 9.21. The van der Waals surface area contributed by atoms with Crippen molar-refractivity contribution in [3.05, 3.63) is 39.8 Å². The number of ether oxygens (including phenoxy) is 1. The SMILES string of the molecule is CCCCn1c(SCC(=O)Nc2cc(C(=O)OC)ccc2C)n[nH]c1=O. The van der Waals surface area contributed by atoms with Gasteiger partial charge in [-0.05, 0) is 31.0 Å². The summed E-state index contributed by atoms with van der Waals surface area (Å²) in [5.41, 5.74) is 1.46. The lowest BCUT2D eigenvalue weighted by molar-refractivity contribution is -0.113. The Morgan fingerprint density at radius 1 is 1.38 bits per heavy atom. The van der Waals surface area contributed by atoms with Gasteiger partial charge in [0.05, 0.1) is 18.4 Å². The zero-order valence-electron chi connectivity index (χ0n) is 15.0. The summed E-state index contributed by atoms with van der Waals surface area (Å²) in [6.45, 7) is 4.44. The first-order valence-electron chi connectivity index (χ1n) is 8.23. The molecule has 0 aliphatic heterocycles. The van der Waals surface area contributed by atoms with E-state index in [1.807, 2.05) is 13.8 Å². The topological polar surface area (TPSA) is 106 Å². The van der Waals surface area contributed by atoms with Gasteiger partial charge in [0.2, 0.25) is 5.91 Å². The minimum atomic E-state index is -0.466. The number of nitrogens with one attached hydrogen (secondary N) is 2. The zero-order valence-corrected chi connectivity index (χ0v) is 15.8. The van der Waals surface area contributed by atoms with Gasteiger partial charge in [0.1, 0.15) is 0 Å². The standard InChI is InChI=1S/C17H22N4O4S/c1-4-5-8-21-16(24)19-20-17(21)26-10-14(22)18-13-9-12(15(23)25-3)7-6-11(13)2/h6-7,9H,4-5,8,10H2,1-3H3,(H,18,22)(H,19,24). The monoisotopic (exact) mass is 378 g/mol. The van der Waals surface area contributed by atoms with Crippen LogP contribution in [-0.2, 0) is 16.1 Å². The number of anilines is 1. The molecule has 2 aromatic rings. The molecule has 1 aromatic carbocycles. The van der Waals surface area contributed by atoms with E-state index >= 15 is 0 Å². The van der Waals surface area contributed by atoms with Crippen molar-refractivity contribution in [2.24, 2.45) is 0 Å². The van der Waals surface area contributed by atoms with Gasteiger partial charge in [0.15, 0.2) is 5.16 Å². The summed E-state index contributed by atoms with van der Waals surface area (Å²) in [5, 5.41) is 9.63. The third kappa shape index (κ3) is 4.98. The molecule has 1 aromatic heterocycles. The van der Waals surface area contributed by atoms with Crippen LogP contribution in [0.4, 0.5) is 5.69 Å². The van der Waals surface area contributed by atoms with E-state index in [0.717, 1.165) is 18.4 Å². The molecule has 0 fully saturated rings. The number of thioether (sulfide) groups is 1. The van der Waals surface area contributed by atoms with E-state index in [1.54, 1.807) is 18.2 Å². The maximum Gasteiger partial charge on any atom is 0.343 e. The molecule has 0 saturated carbocycles. The van der Waals surface area contributed by atoms with Gasteiger partial charge in [-0.3, -0.25) is 9.36 Å². The van der Waals surface area contributed by atoms with E-state index < -0.39 is 5.97 Å². The third-order valence-corrected chi connectivity index (χ3v) is 4.70. The number of H-pyrrole nitrogens is 1. The maximum atomic E-state index is 12.2. The number of carbonyl (C=O) groups is 2. The van der Waals surface area contributed by atoms with E-state index in [1.165, 1.54) is 23.4 Å². The van der Waals surface area contributed by atoms with E-state index in [-0.39, 0.29) is 17.3 Å². The average molecular weight is 378 g/mol. The number of aromatic amines is 1. The number of esters is 1. The predicted molar refractivity (Wildman–Crippen MR) is 99.6 cm³/mol. The highest BCUT2D eigenvalue weighted by molar-refractivity contribution is 7.99. The quantitative estimate of drug-likeness (QED) is 0.539. The first kappa shape index (κ1) is 19.8. The Morgan fingerprint density at radius 2 is 2.15 bits per heavy atom. The summed E-state index contributed by atoms with van der Waals surface area (Å²) in [6.07, 6.45) is 1.82. The second-order valence-electron chi connectivity index (χ2n) is 5.67. The average Bonchev–Trinajstić information content (AvgIpc) is 2.99. The van der Waals surface area contributed by atoms with E-state index in [0.29, 0.717) is 23.0 Å². The summed E-state index contributed by atoms with van der Waals surface area (Å²) in [6, 6.07) is 4.96. The smallest absolute Gasteiger partial charge is 0.343 e. The Labute approximate surface area is 155 Å². The number of hydrogen-bond donors (Lipinski definition) is 2. The number of unbranched alkanes of at least 4 members (excludes halogenated alkanes) is 1. The number of methoxy groups -OCH3 is 1. The van der Waals surface area contributed by atoms with Crippen molar-refractivity contribution >= 4 is 29.3 Å². The molecule has 0 spiro atoms. The van der Waals surface area contributed by atoms with Crippen molar-refractivity contribution in [1.82, 2.24) is 14.8 Å². The van der Waals surface area contributed by atoms with E-state index in [4.69, 9.17) is 0 Å².